The zero-order valence-corrected chi connectivity index (χ0v) is 14.8. The number of guanidine groups is 1. The molecule has 0 amide bonds. The summed E-state index contributed by atoms with van der Waals surface area (Å²) < 4.78 is 1.74. The summed E-state index contributed by atoms with van der Waals surface area (Å²) in [6.07, 6.45) is 3.88. The highest BCUT2D eigenvalue weighted by atomic mass is 35.5. The van der Waals surface area contributed by atoms with Gasteiger partial charge in [-0.1, -0.05) is 23.7 Å². The lowest BCUT2D eigenvalue weighted by Gasteiger charge is -2.19. The van der Waals surface area contributed by atoms with Crippen molar-refractivity contribution in [1.82, 2.24) is 25.4 Å². The van der Waals surface area contributed by atoms with Crippen LogP contribution >= 0.6 is 11.6 Å². The van der Waals surface area contributed by atoms with Crippen LogP contribution < -0.4 is 10.6 Å². The molecule has 0 atom stereocenters. The average Bonchev–Trinajstić information content (AvgIpc) is 3.26. The van der Waals surface area contributed by atoms with Crippen molar-refractivity contribution < 1.29 is 0 Å². The van der Waals surface area contributed by atoms with Gasteiger partial charge in [0.15, 0.2) is 5.96 Å². The molecule has 1 aliphatic rings. The van der Waals surface area contributed by atoms with E-state index in [1.165, 1.54) is 18.4 Å². The molecule has 0 aliphatic heterocycles. The zero-order valence-electron chi connectivity index (χ0n) is 14.1. The average molecular weight is 347 g/mol. The van der Waals surface area contributed by atoms with Crippen molar-refractivity contribution in [2.24, 2.45) is 12.0 Å². The minimum atomic E-state index is 0.172. The van der Waals surface area contributed by atoms with Crippen LogP contribution in [0.3, 0.4) is 0 Å². The van der Waals surface area contributed by atoms with Gasteiger partial charge in [0.25, 0.3) is 0 Å². The fraction of sp³-hybridized carbons (Fsp3) is 0.471. The van der Waals surface area contributed by atoms with E-state index in [4.69, 9.17) is 11.6 Å². The number of halogens is 1. The van der Waals surface area contributed by atoms with Crippen molar-refractivity contribution in [3.8, 4) is 0 Å². The predicted octanol–water partition coefficient (Wildman–Crippen LogP) is 2.26. The molecule has 1 saturated carbocycles. The van der Waals surface area contributed by atoms with E-state index in [0.717, 1.165) is 29.9 Å². The molecule has 1 aromatic carbocycles. The van der Waals surface area contributed by atoms with Gasteiger partial charge >= 0.3 is 0 Å². The van der Waals surface area contributed by atoms with E-state index in [-0.39, 0.29) is 5.41 Å². The molecule has 3 rings (SSSR count). The standard InChI is InChI=1S/C17H23ClN6/c1-3-19-16(20-10-15-22-12-23-24(15)2)21-11-17(7-8-17)13-5-4-6-14(18)9-13/h4-6,9,12H,3,7-8,10-11H2,1-2H3,(H2,19,20,21). The smallest absolute Gasteiger partial charge is 0.191 e. The number of aryl methyl sites for hydroxylation is 1. The molecule has 1 aromatic heterocycles. The molecule has 0 saturated heterocycles. The van der Waals surface area contributed by atoms with Crippen LogP contribution in [0.5, 0.6) is 0 Å². The number of hydrogen-bond donors (Lipinski definition) is 2. The third kappa shape index (κ3) is 3.87. The second-order valence-electron chi connectivity index (χ2n) is 6.14. The Labute approximate surface area is 147 Å². The molecule has 2 aromatic rings. The molecule has 6 nitrogen and oxygen atoms in total. The van der Waals surface area contributed by atoms with Crippen LogP contribution in [-0.4, -0.2) is 33.8 Å². The first-order valence-electron chi connectivity index (χ1n) is 8.24. The summed E-state index contributed by atoms with van der Waals surface area (Å²) in [5, 5.41) is 11.6. The molecule has 0 bridgehead atoms. The maximum Gasteiger partial charge on any atom is 0.191 e. The van der Waals surface area contributed by atoms with Gasteiger partial charge in [0.2, 0.25) is 0 Å². The summed E-state index contributed by atoms with van der Waals surface area (Å²) in [5.41, 5.74) is 1.47. The first kappa shape index (κ1) is 16.8. The van der Waals surface area contributed by atoms with E-state index < -0.39 is 0 Å². The van der Waals surface area contributed by atoms with Gasteiger partial charge in [-0.3, -0.25) is 4.68 Å². The van der Waals surface area contributed by atoms with Gasteiger partial charge in [0.05, 0.1) is 0 Å². The van der Waals surface area contributed by atoms with Gasteiger partial charge in [-0.25, -0.2) is 9.98 Å². The third-order valence-electron chi connectivity index (χ3n) is 4.41. The van der Waals surface area contributed by atoms with E-state index in [1.807, 2.05) is 19.2 Å². The molecule has 0 spiro atoms. The number of nitrogens with one attached hydrogen (secondary N) is 2. The van der Waals surface area contributed by atoms with Gasteiger partial charge in [0.1, 0.15) is 18.7 Å². The summed E-state index contributed by atoms with van der Waals surface area (Å²) in [4.78, 5) is 8.80. The third-order valence-corrected chi connectivity index (χ3v) is 4.65. The highest BCUT2D eigenvalue weighted by Gasteiger charge is 2.44. The predicted molar refractivity (Wildman–Crippen MR) is 96.2 cm³/mol. The summed E-state index contributed by atoms with van der Waals surface area (Å²) >= 11 is 6.14. The lowest BCUT2D eigenvalue weighted by Crippen LogP contribution is -2.41. The highest BCUT2D eigenvalue weighted by Crippen LogP contribution is 2.48. The molecule has 128 valence electrons. The van der Waals surface area contributed by atoms with Gasteiger partial charge in [0, 0.05) is 30.6 Å². The molecular formula is C17H23ClN6. The topological polar surface area (TPSA) is 67.1 Å². The van der Waals surface area contributed by atoms with Gasteiger partial charge in [-0.2, -0.15) is 5.10 Å². The Morgan fingerprint density at radius 3 is 2.83 bits per heavy atom. The van der Waals surface area contributed by atoms with Crippen molar-refractivity contribution in [3.05, 3.63) is 47.0 Å². The molecule has 7 heteroatoms. The first-order valence-corrected chi connectivity index (χ1v) is 8.62. The largest absolute Gasteiger partial charge is 0.357 e. The van der Waals surface area contributed by atoms with Crippen molar-refractivity contribution in [2.45, 2.75) is 31.7 Å². The molecule has 24 heavy (non-hydrogen) atoms. The minimum absolute atomic E-state index is 0.172. The Hall–Kier alpha value is -2.08. The summed E-state index contributed by atoms with van der Waals surface area (Å²) in [6.45, 7) is 4.21. The zero-order chi connectivity index (χ0) is 17.0. The minimum Gasteiger partial charge on any atom is -0.357 e. The highest BCUT2D eigenvalue weighted by molar-refractivity contribution is 6.30. The number of aliphatic imine (C=N–C) groups is 1. The van der Waals surface area contributed by atoms with Crippen molar-refractivity contribution in [3.63, 3.8) is 0 Å². The van der Waals surface area contributed by atoms with Crippen molar-refractivity contribution >= 4 is 17.6 Å². The second-order valence-corrected chi connectivity index (χ2v) is 6.58. The normalized spacial score (nSPS) is 16.0. The molecule has 2 N–H and O–H groups in total. The quantitative estimate of drug-likeness (QED) is 0.622. The lowest BCUT2D eigenvalue weighted by atomic mass is 9.96. The molecule has 1 fully saturated rings. The Bertz CT molecular complexity index is 719. The van der Waals surface area contributed by atoms with Crippen LogP contribution in [0.4, 0.5) is 0 Å². The lowest BCUT2D eigenvalue weighted by molar-refractivity contribution is 0.643. The Kier molecular flexibility index (Phi) is 5.04. The van der Waals surface area contributed by atoms with Gasteiger partial charge in [-0.05, 0) is 37.5 Å². The van der Waals surface area contributed by atoms with Crippen LogP contribution in [0.25, 0.3) is 0 Å². The number of rotatable bonds is 6. The summed E-state index contributed by atoms with van der Waals surface area (Å²) in [7, 11) is 1.87. The second kappa shape index (κ2) is 7.21. The van der Waals surface area contributed by atoms with Crippen LogP contribution in [0.15, 0.2) is 35.6 Å². The molecule has 0 radical (unpaired) electrons. The molecule has 0 unspecified atom stereocenters. The Balaban J connectivity index is 1.65. The Morgan fingerprint density at radius 1 is 1.38 bits per heavy atom. The van der Waals surface area contributed by atoms with E-state index in [0.29, 0.717) is 6.54 Å². The van der Waals surface area contributed by atoms with Crippen LogP contribution in [0.2, 0.25) is 5.02 Å². The number of nitrogens with zero attached hydrogens (tertiary/aromatic N) is 4. The van der Waals surface area contributed by atoms with Crippen LogP contribution in [0, 0.1) is 0 Å². The SMILES string of the molecule is CCNC(=NCc1ncnn1C)NCC1(c2cccc(Cl)c2)CC1. The maximum absolute atomic E-state index is 6.14. The van der Waals surface area contributed by atoms with Crippen molar-refractivity contribution in [1.29, 1.82) is 0 Å². The molecule has 1 heterocycles. The molecule has 1 aliphatic carbocycles. The van der Waals surface area contributed by atoms with Crippen molar-refractivity contribution in [2.75, 3.05) is 13.1 Å². The van der Waals surface area contributed by atoms with E-state index >= 15 is 0 Å². The van der Waals surface area contributed by atoms with Crippen LogP contribution in [0.1, 0.15) is 31.2 Å². The van der Waals surface area contributed by atoms with Crippen LogP contribution in [-0.2, 0) is 19.0 Å². The monoisotopic (exact) mass is 346 g/mol. The number of hydrogen-bond acceptors (Lipinski definition) is 3. The summed E-state index contributed by atoms with van der Waals surface area (Å²) in [6, 6.07) is 8.16. The summed E-state index contributed by atoms with van der Waals surface area (Å²) in [5.74, 6) is 1.64. The molecular weight excluding hydrogens is 324 g/mol. The fourth-order valence-corrected chi connectivity index (χ4v) is 2.93. The Morgan fingerprint density at radius 2 is 2.21 bits per heavy atom. The maximum atomic E-state index is 6.14. The number of aromatic nitrogens is 3. The van der Waals surface area contributed by atoms with Gasteiger partial charge in [-0.15, -0.1) is 0 Å². The van der Waals surface area contributed by atoms with Gasteiger partial charge < -0.3 is 10.6 Å². The van der Waals surface area contributed by atoms with E-state index in [1.54, 1.807) is 11.0 Å². The fourth-order valence-electron chi connectivity index (χ4n) is 2.74. The number of benzene rings is 1. The van der Waals surface area contributed by atoms with E-state index in [2.05, 4.69) is 44.8 Å². The first-order chi connectivity index (χ1) is 11.6. The van der Waals surface area contributed by atoms with E-state index in [9.17, 15) is 0 Å².